The quantitative estimate of drug-likeness (QED) is 0.577. The molecule has 0 radical (unpaired) electrons. The van der Waals surface area contributed by atoms with E-state index in [-0.39, 0.29) is 24.6 Å². The molecule has 0 spiro atoms. The number of aliphatic hydroxyl groups excluding tert-OH is 1. The van der Waals surface area contributed by atoms with Crippen LogP contribution in [0.15, 0.2) is 42.5 Å². The zero-order valence-corrected chi connectivity index (χ0v) is 10.8. The minimum absolute atomic E-state index is 0.0296. The molecular formula is C15H15FN2O2. The van der Waals surface area contributed by atoms with Gasteiger partial charge in [0, 0.05) is 5.56 Å². The lowest BCUT2D eigenvalue weighted by Crippen LogP contribution is -2.14. The third kappa shape index (κ3) is 3.13. The van der Waals surface area contributed by atoms with Gasteiger partial charge in [-0.25, -0.2) is 4.39 Å². The highest BCUT2D eigenvalue weighted by Crippen LogP contribution is 2.18. The fraction of sp³-hybridized carbons (Fsp3) is 0.133. The average molecular weight is 274 g/mol. The molecule has 0 unspecified atom stereocenters. The molecule has 104 valence electrons. The first-order chi connectivity index (χ1) is 9.61. The van der Waals surface area contributed by atoms with Crippen LogP contribution in [0.5, 0.6) is 5.75 Å². The van der Waals surface area contributed by atoms with E-state index >= 15 is 0 Å². The van der Waals surface area contributed by atoms with E-state index in [1.54, 1.807) is 36.4 Å². The molecule has 0 fully saturated rings. The highest BCUT2D eigenvalue weighted by molar-refractivity contribution is 5.95. The molecule has 4 nitrogen and oxygen atoms in total. The number of nitrogens with one attached hydrogen (secondary N) is 1. The number of amidine groups is 1. The van der Waals surface area contributed by atoms with Crippen molar-refractivity contribution >= 4 is 5.84 Å². The van der Waals surface area contributed by atoms with Crippen LogP contribution in [-0.4, -0.2) is 10.9 Å². The normalized spacial score (nSPS) is 10.3. The van der Waals surface area contributed by atoms with Crippen molar-refractivity contribution in [3.8, 4) is 5.75 Å². The van der Waals surface area contributed by atoms with Crippen LogP contribution in [0, 0.1) is 11.2 Å². The van der Waals surface area contributed by atoms with E-state index in [0.29, 0.717) is 11.3 Å². The minimum Gasteiger partial charge on any atom is -0.489 e. The van der Waals surface area contributed by atoms with Gasteiger partial charge in [-0.3, -0.25) is 5.41 Å². The first-order valence-electron chi connectivity index (χ1n) is 6.06. The number of nitrogen functional groups attached to an aromatic ring is 1. The van der Waals surface area contributed by atoms with Gasteiger partial charge in [-0.1, -0.05) is 24.3 Å². The number of halogens is 1. The summed E-state index contributed by atoms with van der Waals surface area (Å²) in [6.45, 7) is -0.0484. The second kappa shape index (κ2) is 6.16. The molecule has 2 aromatic carbocycles. The van der Waals surface area contributed by atoms with E-state index in [1.807, 2.05) is 0 Å². The van der Waals surface area contributed by atoms with Gasteiger partial charge in [-0.05, 0) is 23.8 Å². The van der Waals surface area contributed by atoms with E-state index < -0.39 is 5.82 Å². The molecule has 2 rings (SSSR count). The Hall–Kier alpha value is -2.40. The minimum atomic E-state index is -0.543. The summed E-state index contributed by atoms with van der Waals surface area (Å²) < 4.78 is 19.5. The molecule has 0 heterocycles. The lowest BCUT2D eigenvalue weighted by atomic mass is 10.1. The van der Waals surface area contributed by atoms with Gasteiger partial charge in [0.15, 0.2) is 0 Å². The van der Waals surface area contributed by atoms with E-state index in [4.69, 9.17) is 21.0 Å². The van der Waals surface area contributed by atoms with E-state index in [0.717, 1.165) is 5.56 Å². The molecule has 0 aliphatic carbocycles. The summed E-state index contributed by atoms with van der Waals surface area (Å²) in [7, 11) is 0. The standard InChI is InChI=1S/C15H15FN2O2/c16-14-11(4-2-6-13(14)15(17)18)9-20-12-5-1-3-10(7-12)8-19/h1-7,19H,8-9H2,(H3,17,18). The highest BCUT2D eigenvalue weighted by atomic mass is 19.1. The summed E-state index contributed by atoms with van der Waals surface area (Å²) in [6.07, 6.45) is 0. The van der Waals surface area contributed by atoms with Crippen LogP contribution in [0.3, 0.4) is 0 Å². The molecule has 0 aliphatic rings. The average Bonchev–Trinajstić information content (AvgIpc) is 2.46. The predicted octanol–water partition coefficient (Wildman–Crippen LogP) is 2.18. The monoisotopic (exact) mass is 274 g/mol. The van der Waals surface area contributed by atoms with Gasteiger partial charge >= 0.3 is 0 Å². The SMILES string of the molecule is N=C(N)c1cccc(COc2cccc(CO)c2)c1F. The van der Waals surface area contributed by atoms with Gasteiger partial charge in [0.25, 0.3) is 0 Å². The maximum absolute atomic E-state index is 14.0. The molecular weight excluding hydrogens is 259 g/mol. The Labute approximate surface area is 116 Å². The number of benzene rings is 2. The van der Waals surface area contributed by atoms with Crippen LogP contribution in [0.2, 0.25) is 0 Å². The fourth-order valence-corrected chi connectivity index (χ4v) is 1.79. The predicted molar refractivity (Wildman–Crippen MR) is 74.1 cm³/mol. The van der Waals surface area contributed by atoms with Crippen LogP contribution in [0.1, 0.15) is 16.7 Å². The lowest BCUT2D eigenvalue weighted by molar-refractivity contribution is 0.277. The molecule has 0 aromatic heterocycles. The Morgan fingerprint density at radius 2 is 2.00 bits per heavy atom. The van der Waals surface area contributed by atoms with Crippen molar-refractivity contribution in [1.82, 2.24) is 0 Å². The maximum Gasteiger partial charge on any atom is 0.140 e. The molecule has 0 atom stereocenters. The molecule has 5 heteroatoms. The molecule has 4 N–H and O–H groups in total. The molecule has 0 aliphatic heterocycles. The smallest absolute Gasteiger partial charge is 0.140 e. The number of nitrogens with two attached hydrogens (primary N) is 1. The zero-order valence-electron chi connectivity index (χ0n) is 10.8. The summed E-state index contributed by atoms with van der Waals surface area (Å²) in [5.41, 5.74) is 6.42. The van der Waals surface area contributed by atoms with Crippen LogP contribution in [0.4, 0.5) is 4.39 Å². The molecule has 0 saturated heterocycles. The van der Waals surface area contributed by atoms with Crippen molar-refractivity contribution < 1.29 is 14.2 Å². The van der Waals surface area contributed by atoms with Crippen molar-refractivity contribution in [2.75, 3.05) is 0 Å². The van der Waals surface area contributed by atoms with Crippen molar-refractivity contribution in [2.24, 2.45) is 5.73 Å². The van der Waals surface area contributed by atoms with Gasteiger partial charge in [0.2, 0.25) is 0 Å². The molecule has 0 amide bonds. The molecule has 2 aromatic rings. The lowest BCUT2D eigenvalue weighted by Gasteiger charge is -2.10. The van der Waals surface area contributed by atoms with Gasteiger partial charge in [-0.2, -0.15) is 0 Å². The third-order valence-corrected chi connectivity index (χ3v) is 2.84. The third-order valence-electron chi connectivity index (χ3n) is 2.84. The van der Waals surface area contributed by atoms with Crippen molar-refractivity contribution in [2.45, 2.75) is 13.2 Å². The first-order valence-corrected chi connectivity index (χ1v) is 6.06. The van der Waals surface area contributed by atoms with Gasteiger partial charge in [-0.15, -0.1) is 0 Å². The van der Waals surface area contributed by atoms with Crippen molar-refractivity contribution in [1.29, 1.82) is 5.41 Å². The summed E-state index contributed by atoms with van der Waals surface area (Å²) in [4.78, 5) is 0. The number of rotatable bonds is 5. The Bertz CT molecular complexity index is 629. The molecule has 20 heavy (non-hydrogen) atoms. The summed E-state index contributed by atoms with van der Waals surface area (Å²) in [6, 6.07) is 11.6. The van der Waals surface area contributed by atoms with Gasteiger partial charge < -0.3 is 15.6 Å². The first kappa shape index (κ1) is 14.0. The van der Waals surface area contributed by atoms with E-state index in [1.165, 1.54) is 6.07 Å². The van der Waals surface area contributed by atoms with Crippen LogP contribution >= 0.6 is 0 Å². The second-order valence-corrected chi connectivity index (χ2v) is 4.29. The van der Waals surface area contributed by atoms with Gasteiger partial charge in [0.1, 0.15) is 24.0 Å². The molecule has 0 bridgehead atoms. The number of hydrogen-bond donors (Lipinski definition) is 3. The summed E-state index contributed by atoms with van der Waals surface area (Å²) >= 11 is 0. The Kier molecular flexibility index (Phi) is 4.32. The van der Waals surface area contributed by atoms with Crippen LogP contribution in [-0.2, 0) is 13.2 Å². The van der Waals surface area contributed by atoms with E-state index in [2.05, 4.69) is 0 Å². The number of aliphatic hydroxyl groups is 1. The summed E-state index contributed by atoms with van der Waals surface area (Å²) in [5, 5.41) is 16.3. The highest BCUT2D eigenvalue weighted by Gasteiger charge is 2.10. The Morgan fingerprint density at radius 3 is 2.70 bits per heavy atom. The topological polar surface area (TPSA) is 79.3 Å². The van der Waals surface area contributed by atoms with Crippen molar-refractivity contribution in [3.63, 3.8) is 0 Å². The Morgan fingerprint density at radius 1 is 1.25 bits per heavy atom. The summed E-state index contributed by atoms with van der Waals surface area (Å²) in [5.74, 6) is -0.311. The van der Waals surface area contributed by atoms with Crippen molar-refractivity contribution in [3.05, 3.63) is 65.0 Å². The number of hydrogen-bond acceptors (Lipinski definition) is 3. The maximum atomic E-state index is 14.0. The van der Waals surface area contributed by atoms with Crippen LogP contribution < -0.4 is 10.5 Å². The van der Waals surface area contributed by atoms with Gasteiger partial charge in [0.05, 0.1) is 12.2 Å². The number of ether oxygens (including phenoxy) is 1. The van der Waals surface area contributed by atoms with Crippen LogP contribution in [0.25, 0.3) is 0 Å². The zero-order chi connectivity index (χ0) is 14.5. The second-order valence-electron chi connectivity index (χ2n) is 4.29. The largest absolute Gasteiger partial charge is 0.489 e. The fourth-order valence-electron chi connectivity index (χ4n) is 1.79. The Balaban J connectivity index is 2.14. The van der Waals surface area contributed by atoms with E-state index in [9.17, 15) is 4.39 Å². The molecule has 0 saturated carbocycles.